The molecule has 7 nitrogen and oxygen atoms in total. The Bertz CT molecular complexity index is 1290. The molecular formula is C27H30Cl2F3N3O4. The highest BCUT2D eigenvalue weighted by Gasteiger charge is 2.46. The van der Waals surface area contributed by atoms with E-state index in [-0.39, 0.29) is 53.3 Å². The van der Waals surface area contributed by atoms with Gasteiger partial charge >= 0.3 is 12.1 Å². The van der Waals surface area contributed by atoms with Crippen molar-refractivity contribution in [1.82, 2.24) is 14.7 Å². The maximum Gasteiger partial charge on any atom is 0.433 e. The number of amides is 1. The molecule has 2 fully saturated rings. The van der Waals surface area contributed by atoms with Crippen LogP contribution in [0.25, 0.3) is 0 Å². The van der Waals surface area contributed by atoms with E-state index in [1.165, 1.54) is 0 Å². The van der Waals surface area contributed by atoms with Crippen molar-refractivity contribution in [2.45, 2.75) is 71.5 Å². The molecule has 2 saturated carbocycles. The number of aromatic nitrogens is 2. The van der Waals surface area contributed by atoms with E-state index in [2.05, 4.69) is 5.10 Å². The first-order valence-corrected chi connectivity index (χ1v) is 13.5. The highest BCUT2D eigenvalue weighted by atomic mass is 35.5. The van der Waals surface area contributed by atoms with Gasteiger partial charge in [-0.3, -0.25) is 19.1 Å². The number of benzene rings is 1. The Balaban J connectivity index is 1.66. The minimum atomic E-state index is -4.90. The first-order valence-electron chi connectivity index (χ1n) is 12.7. The number of carbonyl (C=O) groups is 3. The Morgan fingerprint density at radius 2 is 1.67 bits per heavy atom. The lowest BCUT2D eigenvalue weighted by atomic mass is 9.74. The number of carbonyl (C=O) groups excluding carboxylic acids is 2. The predicted octanol–water partition coefficient (Wildman–Crippen LogP) is 6.85. The summed E-state index contributed by atoms with van der Waals surface area (Å²) in [5, 5.41) is 13.6. The van der Waals surface area contributed by atoms with Crippen molar-refractivity contribution in [1.29, 1.82) is 0 Å². The molecule has 1 aromatic heterocycles. The maximum atomic E-state index is 14.4. The van der Waals surface area contributed by atoms with Gasteiger partial charge in [0.05, 0.1) is 45.4 Å². The van der Waals surface area contributed by atoms with Crippen molar-refractivity contribution >= 4 is 40.9 Å². The van der Waals surface area contributed by atoms with Crippen molar-refractivity contribution in [2.24, 2.45) is 10.8 Å². The third-order valence-corrected chi connectivity index (χ3v) is 8.57. The minimum Gasteiger partial charge on any atom is -0.481 e. The van der Waals surface area contributed by atoms with Gasteiger partial charge in [0, 0.05) is 6.54 Å². The van der Waals surface area contributed by atoms with Crippen LogP contribution in [-0.4, -0.2) is 50.5 Å². The molecule has 1 heterocycles. The maximum absolute atomic E-state index is 14.4. The van der Waals surface area contributed by atoms with Gasteiger partial charge in [0.1, 0.15) is 0 Å². The molecule has 0 saturated heterocycles. The summed E-state index contributed by atoms with van der Waals surface area (Å²) >= 11 is 12.5. The van der Waals surface area contributed by atoms with Crippen molar-refractivity contribution < 1.29 is 32.7 Å². The number of Topliss-reactive ketones (excluding diaryl/α,β-unsaturated/α-hetero) is 1. The van der Waals surface area contributed by atoms with Gasteiger partial charge in [0.2, 0.25) is 0 Å². The van der Waals surface area contributed by atoms with Gasteiger partial charge in [-0.15, -0.1) is 0 Å². The van der Waals surface area contributed by atoms with Crippen LogP contribution in [0.4, 0.5) is 13.2 Å². The Hall–Kier alpha value is -2.59. The second-order valence-corrected chi connectivity index (χ2v) is 12.3. The molecule has 0 unspecified atom stereocenters. The first-order chi connectivity index (χ1) is 18.0. The number of nitrogens with zero attached hydrogens (tertiary/aromatic N) is 3. The normalized spacial score (nSPS) is 22.4. The monoisotopic (exact) mass is 587 g/mol. The quantitative estimate of drug-likeness (QED) is 0.341. The largest absolute Gasteiger partial charge is 0.481 e. The van der Waals surface area contributed by atoms with Crippen LogP contribution in [0.15, 0.2) is 18.3 Å². The lowest BCUT2D eigenvalue weighted by molar-refractivity contribution is -0.152. The molecule has 0 bridgehead atoms. The van der Waals surface area contributed by atoms with E-state index in [0.29, 0.717) is 0 Å². The smallest absolute Gasteiger partial charge is 0.433 e. The molecular weight excluding hydrogens is 558 g/mol. The molecule has 1 amide bonds. The van der Waals surface area contributed by atoms with E-state index in [1.54, 1.807) is 26.0 Å². The third-order valence-electron chi connectivity index (χ3n) is 7.98. The molecule has 2 aliphatic carbocycles. The lowest BCUT2D eigenvalue weighted by Crippen LogP contribution is -2.40. The number of aryl methyl sites for hydroxylation is 1. The van der Waals surface area contributed by atoms with E-state index >= 15 is 0 Å². The SMILES string of the molecule is Cc1cc(Cl)c(C(=O)CN(CC2(C)CC2)C(=O)c2cnn(C3CCC(C)(C(=O)O)CC3)c2C(F)(F)F)c(Cl)c1. The number of carboxylic acids is 1. The van der Waals surface area contributed by atoms with Crippen LogP contribution >= 0.6 is 23.2 Å². The zero-order valence-corrected chi connectivity index (χ0v) is 23.4. The number of rotatable bonds is 8. The predicted molar refractivity (Wildman–Crippen MR) is 139 cm³/mol. The summed E-state index contributed by atoms with van der Waals surface area (Å²) < 4.78 is 44.0. The lowest BCUT2D eigenvalue weighted by Gasteiger charge is -2.34. The number of aliphatic carboxylic acids is 1. The van der Waals surface area contributed by atoms with Crippen LogP contribution in [0, 0.1) is 17.8 Å². The zero-order chi connectivity index (χ0) is 28.9. The van der Waals surface area contributed by atoms with E-state index in [0.717, 1.165) is 34.2 Å². The topological polar surface area (TPSA) is 92.5 Å². The number of hydrogen-bond donors (Lipinski definition) is 1. The van der Waals surface area contributed by atoms with E-state index in [1.807, 2.05) is 6.92 Å². The molecule has 212 valence electrons. The third kappa shape index (κ3) is 6.11. The Morgan fingerprint density at radius 1 is 1.10 bits per heavy atom. The van der Waals surface area contributed by atoms with Gasteiger partial charge in [0.25, 0.3) is 5.91 Å². The number of carboxylic acid groups (broad SMARTS) is 1. The minimum absolute atomic E-state index is 0.0121. The molecule has 0 aliphatic heterocycles. The fraction of sp³-hybridized carbons (Fsp3) is 0.556. The highest BCUT2D eigenvalue weighted by molar-refractivity contribution is 6.40. The molecule has 39 heavy (non-hydrogen) atoms. The fourth-order valence-electron chi connectivity index (χ4n) is 5.20. The van der Waals surface area contributed by atoms with Crippen molar-refractivity contribution in [3.63, 3.8) is 0 Å². The van der Waals surface area contributed by atoms with Crippen LogP contribution in [0.1, 0.15) is 90.4 Å². The van der Waals surface area contributed by atoms with Gasteiger partial charge < -0.3 is 10.0 Å². The number of alkyl halides is 3. The Labute approximate surface area is 234 Å². The molecule has 2 aromatic rings. The number of hydrogen-bond acceptors (Lipinski definition) is 4. The highest BCUT2D eigenvalue weighted by Crippen LogP contribution is 2.47. The molecule has 4 rings (SSSR count). The van der Waals surface area contributed by atoms with Gasteiger partial charge in [-0.25, -0.2) is 0 Å². The van der Waals surface area contributed by atoms with Crippen molar-refractivity contribution in [3.8, 4) is 0 Å². The Kier molecular flexibility index (Phi) is 7.86. The summed E-state index contributed by atoms with van der Waals surface area (Å²) in [4.78, 5) is 39.6. The number of ketones is 1. The van der Waals surface area contributed by atoms with Crippen LogP contribution in [0.5, 0.6) is 0 Å². The summed E-state index contributed by atoms with van der Waals surface area (Å²) in [6.45, 7) is 4.81. The zero-order valence-electron chi connectivity index (χ0n) is 21.9. The average molecular weight is 588 g/mol. The summed E-state index contributed by atoms with van der Waals surface area (Å²) in [6.07, 6.45) is -1.75. The van der Waals surface area contributed by atoms with Gasteiger partial charge in [0.15, 0.2) is 11.5 Å². The van der Waals surface area contributed by atoms with Crippen LogP contribution in [-0.2, 0) is 11.0 Å². The van der Waals surface area contributed by atoms with Gasteiger partial charge in [-0.1, -0.05) is 30.1 Å². The molecule has 1 aromatic carbocycles. The molecule has 2 aliphatic rings. The first kappa shape index (κ1) is 29.4. The van der Waals surface area contributed by atoms with E-state index < -0.39 is 53.1 Å². The van der Waals surface area contributed by atoms with Crippen molar-refractivity contribution in [3.05, 3.63) is 50.8 Å². The van der Waals surface area contributed by atoms with Crippen LogP contribution < -0.4 is 0 Å². The fourth-order valence-corrected chi connectivity index (χ4v) is 6.00. The summed E-state index contributed by atoms with van der Waals surface area (Å²) in [5.41, 5.74) is -2.42. The average Bonchev–Trinajstić information content (AvgIpc) is 3.36. The molecule has 0 spiro atoms. The molecule has 0 atom stereocenters. The van der Waals surface area contributed by atoms with E-state index in [9.17, 15) is 32.7 Å². The second kappa shape index (κ2) is 10.4. The summed E-state index contributed by atoms with van der Waals surface area (Å²) in [5.74, 6) is -2.53. The van der Waals surface area contributed by atoms with E-state index in [4.69, 9.17) is 23.2 Å². The Morgan fingerprint density at radius 3 is 2.15 bits per heavy atom. The van der Waals surface area contributed by atoms with Gasteiger partial charge in [-0.2, -0.15) is 18.3 Å². The van der Waals surface area contributed by atoms with Crippen LogP contribution in [0.3, 0.4) is 0 Å². The van der Waals surface area contributed by atoms with Crippen LogP contribution in [0.2, 0.25) is 10.0 Å². The molecule has 12 heteroatoms. The van der Waals surface area contributed by atoms with Gasteiger partial charge in [-0.05, 0) is 75.5 Å². The second-order valence-electron chi connectivity index (χ2n) is 11.4. The summed E-state index contributed by atoms with van der Waals surface area (Å²) in [7, 11) is 0. The van der Waals surface area contributed by atoms with Crippen molar-refractivity contribution in [2.75, 3.05) is 13.1 Å². The molecule has 1 N–H and O–H groups in total. The summed E-state index contributed by atoms with van der Waals surface area (Å²) in [6, 6.07) is 2.40. The standard InChI is InChI=1S/C27H30Cl2F3N3O4/c1-15-10-18(28)21(19(29)11-15)20(36)13-34(14-25(2)8-9-25)23(37)17-12-33-35(22(17)27(30,31)32)16-4-6-26(3,7-5-16)24(38)39/h10-12,16H,4-9,13-14H2,1-3H3,(H,38,39). The number of halogens is 5. The molecule has 0 radical (unpaired) electrons.